The summed E-state index contributed by atoms with van der Waals surface area (Å²) in [6.45, 7) is 5.26. The van der Waals surface area contributed by atoms with Gasteiger partial charge in [-0.15, -0.1) is 11.8 Å². The summed E-state index contributed by atoms with van der Waals surface area (Å²) >= 11 is 7.92. The maximum absolute atomic E-state index is 12.8. The molecule has 1 aliphatic heterocycles. The highest BCUT2D eigenvalue weighted by Gasteiger charge is 2.35. The lowest BCUT2D eigenvalue weighted by atomic mass is 10.1. The van der Waals surface area contributed by atoms with Crippen LogP contribution in [0.25, 0.3) is 0 Å². The number of thioether (sulfide) groups is 1. The first kappa shape index (κ1) is 24.9. The fourth-order valence-electron chi connectivity index (χ4n) is 3.64. The highest BCUT2D eigenvalue weighted by molar-refractivity contribution is 7.98. The molecule has 1 saturated heterocycles. The predicted octanol–water partition coefficient (Wildman–Crippen LogP) is 4.30. The van der Waals surface area contributed by atoms with Gasteiger partial charge in [0.1, 0.15) is 5.75 Å². The fourth-order valence-corrected chi connectivity index (χ4v) is 4.29. The third kappa shape index (κ3) is 6.21. The Morgan fingerprint density at radius 1 is 1.18 bits per heavy atom. The molecular formula is C24H28ClN3O4S. The first-order valence-electron chi connectivity index (χ1n) is 10.8. The van der Waals surface area contributed by atoms with E-state index in [4.69, 9.17) is 16.3 Å². The number of benzene rings is 2. The number of nitrogens with zero attached hydrogens (tertiary/aromatic N) is 2. The van der Waals surface area contributed by atoms with Crippen LogP contribution in [0.3, 0.4) is 0 Å². The van der Waals surface area contributed by atoms with Crippen LogP contribution in [-0.2, 0) is 14.4 Å². The normalized spacial score (nSPS) is 15.5. The Bertz CT molecular complexity index is 1010. The summed E-state index contributed by atoms with van der Waals surface area (Å²) in [6.07, 6.45) is 2.14. The number of amides is 3. The maximum Gasteiger partial charge on any atom is 0.260 e. The molecule has 33 heavy (non-hydrogen) atoms. The zero-order valence-electron chi connectivity index (χ0n) is 19.0. The van der Waals surface area contributed by atoms with Gasteiger partial charge in [0, 0.05) is 42.3 Å². The Kier molecular flexibility index (Phi) is 8.63. The average Bonchev–Trinajstić information content (AvgIpc) is 3.21. The van der Waals surface area contributed by atoms with Gasteiger partial charge in [0.2, 0.25) is 11.8 Å². The van der Waals surface area contributed by atoms with Gasteiger partial charge in [-0.1, -0.05) is 11.6 Å². The lowest BCUT2D eigenvalue weighted by Crippen LogP contribution is -2.34. The van der Waals surface area contributed by atoms with Gasteiger partial charge in [-0.3, -0.25) is 14.4 Å². The van der Waals surface area contributed by atoms with Gasteiger partial charge in [0.25, 0.3) is 5.91 Å². The molecule has 0 aromatic heterocycles. The van der Waals surface area contributed by atoms with E-state index >= 15 is 0 Å². The fraction of sp³-hybridized carbons (Fsp3) is 0.375. The Labute approximate surface area is 203 Å². The van der Waals surface area contributed by atoms with Crippen LogP contribution in [0.4, 0.5) is 11.4 Å². The van der Waals surface area contributed by atoms with Crippen molar-refractivity contribution in [3.8, 4) is 5.75 Å². The molecule has 1 heterocycles. The first-order valence-corrected chi connectivity index (χ1v) is 12.4. The lowest BCUT2D eigenvalue weighted by Gasteiger charge is -2.19. The Hall–Kier alpha value is -2.71. The smallest absolute Gasteiger partial charge is 0.260 e. The van der Waals surface area contributed by atoms with Gasteiger partial charge in [-0.05, 0) is 62.6 Å². The van der Waals surface area contributed by atoms with Gasteiger partial charge in [-0.2, -0.15) is 0 Å². The van der Waals surface area contributed by atoms with Crippen LogP contribution in [0.2, 0.25) is 5.02 Å². The van der Waals surface area contributed by atoms with E-state index < -0.39 is 5.92 Å². The van der Waals surface area contributed by atoms with Crippen molar-refractivity contribution in [2.24, 2.45) is 5.92 Å². The maximum atomic E-state index is 12.8. The molecule has 1 fully saturated rings. The van der Waals surface area contributed by atoms with Crippen molar-refractivity contribution in [3.63, 3.8) is 0 Å². The van der Waals surface area contributed by atoms with Crippen molar-refractivity contribution in [1.82, 2.24) is 4.90 Å². The molecule has 0 aliphatic carbocycles. The Morgan fingerprint density at radius 3 is 2.48 bits per heavy atom. The lowest BCUT2D eigenvalue weighted by molar-refractivity contribution is -0.133. The van der Waals surface area contributed by atoms with Crippen molar-refractivity contribution in [3.05, 3.63) is 47.5 Å². The zero-order chi connectivity index (χ0) is 24.0. The second-order valence-electron chi connectivity index (χ2n) is 7.59. The van der Waals surface area contributed by atoms with E-state index in [1.807, 2.05) is 44.4 Å². The van der Waals surface area contributed by atoms with E-state index in [-0.39, 0.29) is 35.8 Å². The zero-order valence-corrected chi connectivity index (χ0v) is 20.5. The minimum absolute atomic E-state index is 0.0771. The van der Waals surface area contributed by atoms with Crippen molar-refractivity contribution in [2.75, 3.05) is 42.7 Å². The van der Waals surface area contributed by atoms with Crippen molar-refractivity contribution >= 4 is 52.5 Å². The monoisotopic (exact) mass is 489 g/mol. The minimum atomic E-state index is -0.459. The number of carbonyl (C=O) groups excluding carboxylic acids is 3. The number of rotatable bonds is 9. The number of likely N-dealkylation sites (N-methyl/N-ethyl adjacent to an activating group) is 1. The van der Waals surface area contributed by atoms with Crippen molar-refractivity contribution in [1.29, 1.82) is 0 Å². The van der Waals surface area contributed by atoms with Crippen LogP contribution in [0.1, 0.15) is 20.3 Å². The third-order valence-electron chi connectivity index (χ3n) is 5.55. The standard InChI is InChI=1S/C24H28ClN3O4S/c1-4-27(5-2)23(30)15-32-21-11-6-17(13-20(21)25)26-24(31)16-12-22(29)28(14-16)18-7-9-19(33-3)10-8-18/h6-11,13,16H,4-5,12,14-15H2,1-3H3,(H,26,31)/t16-/m0/s1. The van der Waals surface area contributed by atoms with Crippen LogP contribution in [0.15, 0.2) is 47.4 Å². The molecule has 7 nitrogen and oxygen atoms in total. The topological polar surface area (TPSA) is 79.0 Å². The number of ether oxygens (including phenoxy) is 1. The molecule has 2 aromatic rings. The van der Waals surface area contributed by atoms with Crippen LogP contribution in [-0.4, -0.2) is 55.1 Å². The minimum Gasteiger partial charge on any atom is -0.482 e. The number of nitrogens with one attached hydrogen (secondary N) is 1. The van der Waals surface area contributed by atoms with Gasteiger partial charge >= 0.3 is 0 Å². The highest BCUT2D eigenvalue weighted by Crippen LogP contribution is 2.30. The average molecular weight is 490 g/mol. The highest BCUT2D eigenvalue weighted by atomic mass is 35.5. The summed E-state index contributed by atoms with van der Waals surface area (Å²) in [5.74, 6) is -0.531. The second kappa shape index (κ2) is 11.4. The van der Waals surface area contributed by atoms with Crippen LogP contribution < -0.4 is 15.0 Å². The largest absolute Gasteiger partial charge is 0.482 e. The summed E-state index contributed by atoms with van der Waals surface area (Å²) in [7, 11) is 0. The number of hydrogen-bond donors (Lipinski definition) is 1. The Balaban J connectivity index is 1.58. The van der Waals surface area contributed by atoms with Crippen LogP contribution in [0.5, 0.6) is 5.75 Å². The quantitative estimate of drug-likeness (QED) is 0.531. The van der Waals surface area contributed by atoms with E-state index in [0.29, 0.717) is 31.1 Å². The number of halogens is 1. The summed E-state index contributed by atoms with van der Waals surface area (Å²) in [4.78, 5) is 41.8. The van der Waals surface area contributed by atoms with Gasteiger partial charge < -0.3 is 19.9 Å². The van der Waals surface area contributed by atoms with Gasteiger partial charge in [0.05, 0.1) is 10.9 Å². The molecule has 0 spiro atoms. The van der Waals surface area contributed by atoms with Crippen LogP contribution >= 0.6 is 23.4 Å². The molecule has 9 heteroatoms. The van der Waals surface area contributed by atoms with E-state index in [0.717, 1.165) is 10.6 Å². The summed E-state index contributed by atoms with van der Waals surface area (Å²) in [5, 5.41) is 3.12. The molecule has 3 rings (SSSR count). The van der Waals surface area contributed by atoms with Crippen molar-refractivity contribution < 1.29 is 19.1 Å². The number of anilines is 2. The number of hydrogen-bond acceptors (Lipinski definition) is 5. The first-order chi connectivity index (χ1) is 15.9. The molecule has 1 atom stereocenters. The second-order valence-corrected chi connectivity index (χ2v) is 8.88. The predicted molar refractivity (Wildman–Crippen MR) is 132 cm³/mol. The van der Waals surface area contributed by atoms with Crippen LogP contribution in [0, 0.1) is 5.92 Å². The summed E-state index contributed by atoms with van der Waals surface area (Å²) < 4.78 is 5.55. The molecule has 0 radical (unpaired) electrons. The van der Waals surface area contributed by atoms with Gasteiger partial charge in [-0.25, -0.2) is 0 Å². The molecule has 0 unspecified atom stereocenters. The SMILES string of the molecule is CCN(CC)C(=O)COc1ccc(NC(=O)[C@H]2CC(=O)N(c3ccc(SC)cc3)C2)cc1Cl. The third-order valence-corrected chi connectivity index (χ3v) is 6.59. The van der Waals surface area contributed by atoms with E-state index in [1.54, 1.807) is 39.8 Å². The number of carbonyl (C=O) groups is 3. The molecule has 3 amide bonds. The molecule has 2 aromatic carbocycles. The molecular weight excluding hydrogens is 462 g/mol. The molecule has 1 N–H and O–H groups in total. The molecule has 0 bridgehead atoms. The van der Waals surface area contributed by atoms with Crippen molar-refractivity contribution in [2.45, 2.75) is 25.2 Å². The van der Waals surface area contributed by atoms with E-state index in [1.165, 1.54) is 0 Å². The Morgan fingerprint density at radius 2 is 1.88 bits per heavy atom. The van der Waals surface area contributed by atoms with E-state index in [9.17, 15) is 14.4 Å². The summed E-state index contributed by atoms with van der Waals surface area (Å²) in [5.41, 5.74) is 1.29. The van der Waals surface area contributed by atoms with E-state index in [2.05, 4.69) is 5.32 Å². The molecule has 1 aliphatic rings. The summed E-state index contributed by atoms with van der Waals surface area (Å²) in [6, 6.07) is 12.6. The molecule has 176 valence electrons. The molecule has 0 saturated carbocycles. The van der Waals surface area contributed by atoms with Gasteiger partial charge in [0.15, 0.2) is 6.61 Å².